The van der Waals surface area contributed by atoms with Crippen LogP contribution in [-0.2, 0) is 20.2 Å². The molecule has 0 aliphatic heterocycles. The van der Waals surface area contributed by atoms with Gasteiger partial charge >= 0.3 is 0 Å². The zero-order valence-electron chi connectivity index (χ0n) is 21.7. The smallest absolute Gasteiger partial charge is 0.192 e. The topological polar surface area (TPSA) is 36.9 Å². The molecule has 0 saturated heterocycles. The zero-order chi connectivity index (χ0) is 24.0. The van der Waals surface area contributed by atoms with Crippen molar-refractivity contribution in [2.45, 2.75) is 103 Å². The number of methoxy groups -OCH3 is 1. The van der Waals surface area contributed by atoms with Crippen molar-refractivity contribution in [3.05, 3.63) is 42.5 Å². The molecule has 4 nitrogen and oxygen atoms in total. The van der Waals surface area contributed by atoms with Crippen molar-refractivity contribution in [1.82, 2.24) is 0 Å². The minimum atomic E-state index is -1.82. The highest BCUT2D eigenvalue weighted by atomic mass is 28.4. The number of rotatable bonds is 18. The lowest BCUT2D eigenvalue weighted by Crippen LogP contribution is -2.49. The molecule has 6 heteroatoms. The van der Waals surface area contributed by atoms with Crippen LogP contribution in [0.25, 0.3) is 0 Å². The van der Waals surface area contributed by atoms with E-state index in [2.05, 4.69) is 60.3 Å². The van der Waals surface area contributed by atoms with Crippen LogP contribution in [0.3, 0.4) is 0 Å². The fourth-order valence-electron chi connectivity index (χ4n) is 4.27. The van der Waals surface area contributed by atoms with Gasteiger partial charge in [0.25, 0.3) is 0 Å². The Morgan fingerprint density at radius 3 is 1.78 bits per heavy atom. The SMILES string of the molecule is C=CC[C@H](OCc1ccc(OC)cc1)[C@@H](CO[Si](CC)(CC)CC)O[Si](CC)(CC)CC. The molecule has 1 rings (SSSR count). The second-order valence-electron chi connectivity index (χ2n) is 8.68. The molecule has 0 unspecified atom stereocenters. The average molecular weight is 481 g/mol. The van der Waals surface area contributed by atoms with Crippen LogP contribution < -0.4 is 4.74 Å². The minimum absolute atomic E-state index is 0.0608. The van der Waals surface area contributed by atoms with Gasteiger partial charge in [0, 0.05) is 0 Å². The van der Waals surface area contributed by atoms with E-state index in [0.29, 0.717) is 13.2 Å². The molecule has 0 N–H and O–H groups in total. The van der Waals surface area contributed by atoms with Gasteiger partial charge < -0.3 is 18.3 Å². The van der Waals surface area contributed by atoms with Gasteiger partial charge in [-0.1, -0.05) is 59.8 Å². The Morgan fingerprint density at radius 1 is 0.812 bits per heavy atom. The molecule has 2 atom stereocenters. The lowest BCUT2D eigenvalue weighted by molar-refractivity contribution is -0.0538. The van der Waals surface area contributed by atoms with Crippen molar-refractivity contribution in [1.29, 1.82) is 0 Å². The van der Waals surface area contributed by atoms with Crippen LogP contribution in [0.1, 0.15) is 53.5 Å². The fraction of sp³-hybridized carbons (Fsp3) is 0.692. The minimum Gasteiger partial charge on any atom is -0.497 e. The normalized spacial score (nSPS) is 14.2. The van der Waals surface area contributed by atoms with Crippen molar-refractivity contribution in [2.24, 2.45) is 0 Å². The van der Waals surface area contributed by atoms with Crippen molar-refractivity contribution >= 4 is 16.6 Å². The average Bonchev–Trinajstić information content (AvgIpc) is 2.85. The van der Waals surface area contributed by atoms with Gasteiger partial charge in [-0.25, -0.2) is 0 Å². The first kappa shape index (κ1) is 29.1. The van der Waals surface area contributed by atoms with E-state index in [1.54, 1.807) is 7.11 Å². The van der Waals surface area contributed by atoms with Gasteiger partial charge in [-0.3, -0.25) is 0 Å². The molecule has 0 spiro atoms. The van der Waals surface area contributed by atoms with E-state index < -0.39 is 16.6 Å². The predicted octanol–water partition coefficient (Wildman–Crippen LogP) is 7.57. The van der Waals surface area contributed by atoms with Crippen LogP contribution >= 0.6 is 0 Å². The van der Waals surface area contributed by atoms with Crippen molar-refractivity contribution in [3.8, 4) is 5.75 Å². The van der Waals surface area contributed by atoms with Gasteiger partial charge in [-0.15, -0.1) is 6.58 Å². The first-order valence-corrected chi connectivity index (χ1v) is 17.6. The summed E-state index contributed by atoms with van der Waals surface area (Å²) in [6.45, 7) is 18.8. The summed E-state index contributed by atoms with van der Waals surface area (Å²) in [7, 11) is -1.84. The highest BCUT2D eigenvalue weighted by Gasteiger charge is 2.37. The summed E-state index contributed by atoms with van der Waals surface area (Å²) in [5, 5.41) is 0. The Labute approximate surface area is 200 Å². The van der Waals surface area contributed by atoms with Gasteiger partial charge in [0.1, 0.15) is 5.75 Å². The van der Waals surface area contributed by atoms with Gasteiger partial charge in [0.2, 0.25) is 0 Å². The molecule has 0 aliphatic carbocycles. The molecule has 184 valence electrons. The zero-order valence-corrected chi connectivity index (χ0v) is 23.7. The maximum Gasteiger partial charge on any atom is 0.192 e. The quantitative estimate of drug-likeness (QED) is 0.160. The first-order valence-electron chi connectivity index (χ1n) is 12.6. The third-order valence-corrected chi connectivity index (χ3v) is 16.6. The number of hydrogen-bond acceptors (Lipinski definition) is 4. The number of ether oxygens (including phenoxy) is 2. The molecule has 32 heavy (non-hydrogen) atoms. The summed E-state index contributed by atoms with van der Waals surface area (Å²) in [5.41, 5.74) is 1.13. The summed E-state index contributed by atoms with van der Waals surface area (Å²) in [6, 6.07) is 14.9. The molecule has 0 aromatic heterocycles. The standard InChI is InChI=1S/C26H48O4Si2/c1-9-16-25(28-21-23-17-19-24(27-8)20-18-23)26(30-32(13-5,14-6)15-7)22-29-31(10-2,11-3)12-4/h9,17-20,25-26H,1,10-16,21-22H2,2-8H3/t25-,26+/m0/s1. The van der Waals surface area contributed by atoms with Crippen LogP contribution in [0.2, 0.25) is 36.3 Å². The van der Waals surface area contributed by atoms with Crippen LogP contribution in [-0.4, -0.2) is 42.6 Å². The molecule has 0 amide bonds. The fourth-order valence-corrected chi connectivity index (χ4v) is 9.76. The Kier molecular flexibility index (Phi) is 13.7. The molecule has 0 saturated carbocycles. The maximum absolute atomic E-state index is 7.00. The van der Waals surface area contributed by atoms with E-state index in [4.69, 9.17) is 18.3 Å². The molecule has 0 aliphatic rings. The van der Waals surface area contributed by atoms with Gasteiger partial charge in [0.05, 0.1) is 32.5 Å². The second kappa shape index (κ2) is 15.1. The Bertz CT molecular complexity index is 611. The second-order valence-corrected chi connectivity index (χ2v) is 18.2. The molecule has 1 aromatic carbocycles. The van der Waals surface area contributed by atoms with Crippen LogP contribution in [0, 0.1) is 0 Å². The van der Waals surface area contributed by atoms with E-state index in [-0.39, 0.29) is 12.2 Å². The third kappa shape index (κ3) is 8.45. The predicted molar refractivity (Wildman–Crippen MR) is 142 cm³/mol. The number of hydrogen-bond donors (Lipinski definition) is 0. The Morgan fingerprint density at radius 2 is 1.34 bits per heavy atom. The Balaban J connectivity index is 3.08. The van der Waals surface area contributed by atoms with Gasteiger partial charge in [-0.2, -0.15) is 0 Å². The van der Waals surface area contributed by atoms with Crippen LogP contribution in [0.5, 0.6) is 5.75 Å². The van der Waals surface area contributed by atoms with E-state index in [9.17, 15) is 0 Å². The van der Waals surface area contributed by atoms with E-state index in [1.807, 2.05) is 18.2 Å². The van der Waals surface area contributed by atoms with E-state index in [0.717, 1.165) is 54.0 Å². The van der Waals surface area contributed by atoms with Crippen molar-refractivity contribution in [2.75, 3.05) is 13.7 Å². The van der Waals surface area contributed by atoms with Gasteiger partial charge in [-0.05, 0) is 60.4 Å². The van der Waals surface area contributed by atoms with Crippen LogP contribution in [0.4, 0.5) is 0 Å². The Hall–Kier alpha value is -0.926. The van der Waals surface area contributed by atoms with Gasteiger partial charge in [0.15, 0.2) is 16.6 Å². The summed E-state index contributed by atoms with van der Waals surface area (Å²) < 4.78 is 25.5. The summed E-state index contributed by atoms with van der Waals surface area (Å²) in [5.74, 6) is 0.857. The van der Waals surface area contributed by atoms with Crippen LogP contribution in [0.15, 0.2) is 36.9 Å². The molecule has 0 fully saturated rings. The molecule has 1 aromatic rings. The number of benzene rings is 1. The van der Waals surface area contributed by atoms with Crippen molar-refractivity contribution < 1.29 is 18.3 Å². The summed E-state index contributed by atoms with van der Waals surface area (Å²) in [6.07, 6.45) is 2.58. The van der Waals surface area contributed by atoms with E-state index in [1.165, 1.54) is 0 Å². The lowest BCUT2D eigenvalue weighted by Gasteiger charge is -2.39. The summed E-state index contributed by atoms with van der Waals surface area (Å²) >= 11 is 0. The first-order chi connectivity index (χ1) is 15.4. The van der Waals surface area contributed by atoms with E-state index >= 15 is 0 Å². The monoisotopic (exact) mass is 480 g/mol. The highest BCUT2D eigenvalue weighted by Crippen LogP contribution is 2.29. The molecule has 0 heterocycles. The lowest BCUT2D eigenvalue weighted by atomic mass is 10.1. The third-order valence-electron chi connectivity index (χ3n) is 7.26. The highest BCUT2D eigenvalue weighted by molar-refractivity contribution is 6.74. The maximum atomic E-state index is 7.00. The molecular formula is C26H48O4Si2. The molecular weight excluding hydrogens is 432 g/mol. The van der Waals surface area contributed by atoms with Crippen molar-refractivity contribution in [3.63, 3.8) is 0 Å². The molecule has 0 bridgehead atoms. The largest absolute Gasteiger partial charge is 0.497 e. The summed E-state index contributed by atoms with van der Waals surface area (Å²) in [4.78, 5) is 0. The molecule has 0 radical (unpaired) electrons.